The highest BCUT2D eigenvalue weighted by Crippen LogP contribution is 2.22. The number of carboxylic acid groups (broad SMARTS) is 1. The zero-order valence-corrected chi connectivity index (χ0v) is 10.2. The largest absolute Gasteiger partial charge is 0.491 e. The van der Waals surface area contributed by atoms with Crippen LogP contribution in [0.4, 0.5) is 0 Å². The van der Waals surface area contributed by atoms with E-state index < -0.39 is 5.97 Å². The molecule has 0 heterocycles. The smallest absolute Gasteiger partial charge is 0.339 e. The first-order chi connectivity index (χ1) is 6.65. The highest BCUT2D eigenvalue weighted by molar-refractivity contribution is 9.10. The van der Waals surface area contributed by atoms with Crippen molar-refractivity contribution < 1.29 is 14.6 Å². The van der Waals surface area contributed by atoms with Crippen LogP contribution in [0.15, 0.2) is 22.7 Å². The van der Waals surface area contributed by atoms with Gasteiger partial charge in [0.15, 0.2) is 0 Å². The molecular weight excluding hydrogens is 285 g/mol. The second-order valence-corrected chi connectivity index (χ2v) is 3.50. The first kappa shape index (κ1) is 14.2. The number of nitrogens with two attached hydrogens (primary N) is 1. The van der Waals surface area contributed by atoms with Crippen molar-refractivity contribution in [3.8, 4) is 5.75 Å². The van der Waals surface area contributed by atoms with Crippen molar-refractivity contribution in [3.05, 3.63) is 28.2 Å². The summed E-state index contributed by atoms with van der Waals surface area (Å²) in [5, 5.41) is 8.86. The van der Waals surface area contributed by atoms with Gasteiger partial charge < -0.3 is 15.6 Å². The van der Waals surface area contributed by atoms with Gasteiger partial charge in [0.1, 0.15) is 17.9 Å². The van der Waals surface area contributed by atoms with Crippen molar-refractivity contribution in [2.45, 2.75) is 0 Å². The molecule has 0 amide bonds. The Morgan fingerprint density at radius 1 is 1.53 bits per heavy atom. The standard InChI is InChI=1S/C9H10BrNO3.ClH/c10-6-1-2-8(14-4-3-11)7(5-6)9(12)13;/h1-2,5H,3-4,11H2,(H,12,13);1H. The summed E-state index contributed by atoms with van der Waals surface area (Å²) in [5.74, 6) is -0.676. The summed E-state index contributed by atoms with van der Waals surface area (Å²) >= 11 is 3.19. The number of carbonyl (C=O) groups is 1. The minimum Gasteiger partial charge on any atom is -0.491 e. The molecular formula is C9H11BrClNO3. The molecule has 0 bridgehead atoms. The fraction of sp³-hybridized carbons (Fsp3) is 0.222. The first-order valence-corrected chi connectivity index (χ1v) is 4.80. The Hall–Kier alpha value is -0.780. The van der Waals surface area contributed by atoms with E-state index in [0.29, 0.717) is 23.4 Å². The van der Waals surface area contributed by atoms with Crippen LogP contribution in [-0.2, 0) is 0 Å². The number of halogens is 2. The molecule has 4 nitrogen and oxygen atoms in total. The molecule has 0 saturated carbocycles. The van der Waals surface area contributed by atoms with Gasteiger partial charge >= 0.3 is 5.97 Å². The summed E-state index contributed by atoms with van der Waals surface area (Å²) in [6.45, 7) is 0.664. The van der Waals surface area contributed by atoms with E-state index in [4.69, 9.17) is 15.6 Å². The molecule has 3 N–H and O–H groups in total. The molecule has 84 valence electrons. The van der Waals surface area contributed by atoms with Crippen LogP contribution in [0.3, 0.4) is 0 Å². The van der Waals surface area contributed by atoms with Crippen LogP contribution in [0, 0.1) is 0 Å². The molecule has 1 aromatic carbocycles. The molecule has 0 aromatic heterocycles. The van der Waals surface area contributed by atoms with Gasteiger partial charge in [0, 0.05) is 11.0 Å². The van der Waals surface area contributed by atoms with Crippen LogP contribution in [0.25, 0.3) is 0 Å². The second kappa shape index (κ2) is 6.66. The summed E-state index contributed by atoms with van der Waals surface area (Å²) in [5.41, 5.74) is 5.38. The van der Waals surface area contributed by atoms with Crippen LogP contribution in [0.2, 0.25) is 0 Å². The van der Waals surface area contributed by atoms with Gasteiger partial charge in [-0.3, -0.25) is 0 Å². The molecule has 0 spiro atoms. The lowest BCUT2D eigenvalue weighted by Crippen LogP contribution is -2.12. The molecule has 6 heteroatoms. The fourth-order valence-electron chi connectivity index (χ4n) is 0.964. The Bertz CT molecular complexity index is 346. The SMILES string of the molecule is Cl.NCCOc1ccc(Br)cc1C(=O)O. The quantitative estimate of drug-likeness (QED) is 0.890. The van der Waals surface area contributed by atoms with E-state index in [0.717, 1.165) is 0 Å². The summed E-state index contributed by atoms with van der Waals surface area (Å²) in [6.07, 6.45) is 0. The van der Waals surface area contributed by atoms with Crippen molar-refractivity contribution in [3.63, 3.8) is 0 Å². The number of rotatable bonds is 4. The average molecular weight is 297 g/mol. The maximum atomic E-state index is 10.8. The van der Waals surface area contributed by atoms with E-state index in [1.165, 1.54) is 6.07 Å². The summed E-state index contributed by atoms with van der Waals surface area (Å²) < 4.78 is 5.88. The lowest BCUT2D eigenvalue weighted by molar-refractivity contribution is 0.0692. The Kier molecular flexibility index (Phi) is 6.31. The van der Waals surface area contributed by atoms with Crippen molar-refractivity contribution >= 4 is 34.3 Å². The second-order valence-electron chi connectivity index (χ2n) is 2.58. The first-order valence-electron chi connectivity index (χ1n) is 4.01. The Morgan fingerprint density at radius 2 is 2.20 bits per heavy atom. The number of benzene rings is 1. The average Bonchev–Trinajstić information content (AvgIpc) is 2.15. The van der Waals surface area contributed by atoms with E-state index in [1.807, 2.05) is 0 Å². The lowest BCUT2D eigenvalue weighted by atomic mass is 10.2. The fourth-order valence-corrected chi connectivity index (χ4v) is 1.33. The molecule has 0 unspecified atom stereocenters. The van der Waals surface area contributed by atoms with Crippen LogP contribution >= 0.6 is 28.3 Å². The molecule has 0 fully saturated rings. The van der Waals surface area contributed by atoms with E-state index in [1.54, 1.807) is 12.1 Å². The summed E-state index contributed by atoms with van der Waals surface area (Å²) in [6, 6.07) is 4.82. The third-order valence-electron chi connectivity index (χ3n) is 1.55. The zero-order chi connectivity index (χ0) is 10.6. The highest BCUT2D eigenvalue weighted by atomic mass is 79.9. The molecule has 0 aliphatic carbocycles. The molecule has 0 atom stereocenters. The third kappa shape index (κ3) is 4.07. The monoisotopic (exact) mass is 295 g/mol. The van der Waals surface area contributed by atoms with E-state index in [9.17, 15) is 4.79 Å². The van der Waals surface area contributed by atoms with Crippen molar-refractivity contribution in [1.82, 2.24) is 0 Å². The number of aromatic carboxylic acids is 1. The van der Waals surface area contributed by atoms with Gasteiger partial charge in [-0.15, -0.1) is 12.4 Å². The molecule has 1 aromatic rings. The summed E-state index contributed by atoms with van der Waals surface area (Å²) in [4.78, 5) is 10.8. The summed E-state index contributed by atoms with van der Waals surface area (Å²) in [7, 11) is 0. The van der Waals surface area contributed by atoms with Crippen LogP contribution in [0.1, 0.15) is 10.4 Å². The normalized spacial score (nSPS) is 9.20. The molecule has 0 aliphatic heterocycles. The van der Waals surface area contributed by atoms with Gasteiger partial charge in [-0.1, -0.05) is 15.9 Å². The minimum absolute atomic E-state index is 0. The van der Waals surface area contributed by atoms with Crippen molar-refractivity contribution in [2.24, 2.45) is 5.73 Å². The van der Waals surface area contributed by atoms with Gasteiger partial charge in [-0.05, 0) is 18.2 Å². The highest BCUT2D eigenvalue weighted by Gasteiger charge is 2.11. The van der Waals surface area contributed by atoms with Gasteiger partial charge in [0.25, 0.3) is 0 Å². The number of carboxylic acids is 1. The number of hydrogen-bond donors (Lipinski definition) is 2. The predicted octanol–water partition coefficient (Wildman–Crippen LogP) is 1.91. The predicted molar refractivity (Wildman–Crippen MR) is 62.9 cm³/mol. The molecule has 0 saturated heterocycles. The van der Waals surface area contributed by atoms with Crippen molar-refractivity contribution in [1.29, 1.82) is 0 Å². The van der Waals surface area contributed by atoms with E-state index in [-0.39, 0.29) is 18.0 Å². The third-order valence-corrected chi connectivity index (χ3v) is 2.04. The van der Waals surface area contributed by atoms with E-state index in [2.05, 4.69) is 15.9 Å². The molecule has 15 heavy (non-hydrogen) atoms. The van der Waals surface area contributed by atoms with Crippen LogP contribution < -0.4 is 10.5 Å². The maximum absolute atomic E-state index is 10.8. The molecule has 0 radical (unpaired) electrons. The lowest BCUT2D eigenvalue weighted by Gasteiger charge is -2.07. The van der Waals surface area contributed by atoms with Crippen LogP contribution in [0.5, 0.6) is 5.75 Å². The number of hydrogen-bond acceptors (Lipinski definition) is 3. The van der Waals surface area contributed by atoms with Gasteiger partial charge in [0.05, 0.1) is 0 Å². The number of ether oxygens (including phenoxy) is 1. The minimum atomic E-state index is -1.02. The molecule has 1 rings (SSSR count). The van der Waals surface area contributed by atoms with Crippen molar-refractivity contribution in [2.75, 3.05) is 13.2 Å². The van der Waals surface area contributed by atoms with E-state index >= 15 is 0 Å². The van der Waals surface area contributed by atoms with Gasteiger partial charge in [-0.2, -0.15) is 0 Å². The Balaban J connectivity index is 0.00000196. The topological polar surface area (TPSA) is 72.5 Å². The zero-order valence-electron chi connectivity index (χ0n) is 7.77. The van der Waals surface area contributed by atoms with Crippen LogP contribution in [-0.4, -0.2) is 24.2 Å². The Labute approximate surface area is 102 Å². The van der Waals surface area contributed by atoms with Gasteiger partial charge in [-0.25, -0.2) is 4.79 Å². The molecule has 0 aliphatic rings. The van der Waals surface area contributed by atoms with Gasteiger partial charge in [0.2, 0.25) is 0 Å². The Morgan fingerprint density at radius 3 is 2.73 bits per heavy atom. The maximum Gasteiger partial charge on any atom is 0.339 e.